The van der Waals surface area contributed by atoms with Gasteiger partial charge < -0.3 is 4.42 Å². The van der Waals surface area contributed by atoms with Gasteiger partial charge in [0.2, 0.25) is 5.89 Å². The number of hydrogen-bond acceptors (Lipinski definition) is 5. The van der Waals surface area contributed by atoms with Crippen molar-refractivity contribution in [1.82, 2.24) is 10.2 Å². The molecule has 25 heavy (non-hydrogen) atoms. The van der Waals surface area contributed by atoms with Gasteiger partial charge in [0, 0.05) is 17.2 Å². The number of thioether (sulfide) groups is 1. The van der Waals surface area contributed by atoms with E-state index in [2.05, 4.69) is 23.2 Å². The van der Waals surface area contributed by atoms with Gasteiger partial charge in [0.1, 0.15) is 0 Å². The highest BCUT2D eigenvalue weighted by molar-refractivity contribution is 7.98. The van der Waals surface area contributed by atoms with Crippen molar-refractivity contribution in [3.05, 3.63) is 39.8 Å². The molecule has 1 aromatic carbocycles. The average Bonchev–Trinajstić information content (AvgIpc) is 3.03. The molecule has 0 spiro atoms. The fraction of sp³-hybridized carbons (Fsp3) is 0.550. The van der Waals surface area contributed by atoms with Crippen LogP contribution >= 0.6 is 11.8 Å². The van der Waals surface area contributed by atoms with Gasteiger partial charge in [-0.25, -0.2) is 0 Å². The highest BCUT2D eigenvalue weighted by Crippen LogP contribution is 2.34. The second kappa shape index (κ2) is 7.73. The second-order valence-corrected chi connectivity index (χ2v) is 8.00. The highest BCUT2D eigenvalue weighted by atomic mass is 32.2. The third-order valence-corrected chi connectivity index (χ3v) is 6.04. The van der Waals surface area contributed by atoms with Gasteiger partial charge in [0.15, 0.2) is 5.78 Å². The zero-order valence-electron chi connectivity index (χ0n) is 15.5. The molecule has 1 fully saturated rings. The quantitative estimate of drug-likeness (QED) is 0.519. The van der Waals surface area contributed by atoms with Crippen molar-refractivity contribution in [1.29, 1.82) is 0 Å². The van der Waals surface area contributed by atoms with Gasteiger partial charge in [-0.1, -0.05) is 37.1 Å². The summed E-state index contributed by atoms with van der Waals surface area (Å²) in [5.74, 6) is 2.09. The molecule has 0 amide bonds. The van der Waals surface area contributed by atoms with Crippen LogP contribution in [0.5, 0.6) is 0 Å². The Bertz CT molecular complexity index is 776. The van der Waals surface area contributed by atoms with Gasteiger partial charge in [-0.2, -0.15) is 0 Å². The van der Waals surface area contributed by atoms with Crippen LogP contribution in [0.4, 0.5) is 0 Å². The molecule has 134 valence electrons. The van der Waals surface area contributed by atoms with Gasteiger partial charge in [0.25, 0.3) is 5.22 Å². The average molecular weight is 359 g/mol. The molecule has 1 aromatic heterocycles. The van der Waals surface area contributed by atoms with Crippen molar-refractivity contribution in [3.63, 3.8) is 0 Å². The van der Waals surface area contributed by atoms with Gasteiger partial charge in [-0.3, -0.25) is 4.79 Å². The topological polar surface area (TPSA) is 56.0 Å². The maximum atomic E-state index is 12.0. The molecule has 1 aliphatic carbocycles. The largest absolute Gasteiger partial charge is 0.416 e. The molecule has 0 N–H and O–H groups in total. The summed E-state index contributed by atoms with van der Waals surface area (Å²) in [7, 11) is 0. The summed E-state index contributed by atoms with van der Waals surface area (Å²) >= 11 is 1.56. The van der Waals surface area contributed by atoms with Crippen LogP contribution in [0.2, 0.25) is 0 Å². The lowest BCUT2D eigenvalue weighted by Gasteiger charge is -2.17. The Morgan fingerprint density at radius 1 is 1.16 bits per heavy atom. The van der Waals surface area contributed by atoms with Gasteiger partial charge in [-0.15, -0.1) is 10.2 Å². The summed E-state index contributed by atoms with van der Waals surface area (Å²) in [6.07, 6.45) is 6.14. The van der Waals surface area contributed by atoms with E-state index in [0.717, 1.165) is 41.2 Å². The van der Waals surface area contributed by atoms with Crippen molar-refractivity contribution < 1.29 is 9.21 Å². The maximum Gasteiger partial charge on any atom is 0.276 e. The third kappa shape index (κ3) is 3.97. The monoisotopic (exact) mass is 358 g/mol. The Kier molecular flexibility index (Phi) is 5.62. The number of benzene rings is 1. The smallest absolute Gasteiger partial charge is 0.276 e. The van der Waals surface area contributed by atoms with Gasteiger partial charge in [0.05, 0.1) is 0 Å². The van der Waals surface area contributed by atoms with E-state index in [-0.39, 0.29) is 5.78 Å². The van der Waals surface area contributed by atoms with Crippen molar-refractivity contribution in [2.24, 2.45) is 0 Å². The Hall–Kier alpha value is -1.62. The maximum absolute atomic E-state index is 12.0. The summed E-state index contributed by atoms with van der Waals surface area (Å²) in [5.41, 5.74) is 5.37. The fourth-order valence-electron chi connectivity index (χ4n) is 3.92. The Morgan fingerprint density at radius 2 is 1.88 bits per heavy atom. The molecule has 1 aliphatic rings. The van der Waals surface area contributed by atoms with Crippen molar-refractivity contribution in [2.45, 2.75) is 76.7 Å². The van der Waals surface area contributed by atoms with Crippen LogP contribution in [-0.2, 0) is 5.75 Å². The summed E-state index contributed by atoms with van der Waals surface area (Å²) in [5, 5.41) is 9.11. The molecular weight excluding hydrogens is 332 g/mol. The van der Waals surface area contributed by atoms with Crippen LogP contribution in [0.25, 0.3) is 0 Å². The van der Waals surface area contributed by atoms with Crippen LogP contribution in [-0.4, -0.2) is 16.0 Å². The molecule has 0 saturated heterocycles. The summed E-state index contributed by atoms with van der Waals surface area (Å²) in [4.78, 5) is 12.0. The molecular formula is C20H26N2O2S. The van der Waals surface area contributed by atoms with Crippen LogP contribution in [0.1, 0.15) is 83.4 Å². The number of rotatable bonds is 5. The minimum absolute atomic E-state index is 0.124. The van der Waals surface area contributed by atoms with Crippen molar-refractivity contribution in [3.8, 4) is 0 Å². The van der Waals surface area contributed by atoms with E-state index in [1.807, 2.05) is 13.8 Å². The zero-order valence-corrected chi connectivity index (χ0v) is 16.3. The van der Waals surface area contributed by atoms with E-state index in [1.165, 1.54) is 30.4 Å². The molecule has 0 bridgehead atoms. The minimum atomic E-state index is 0.124. The number of carbonyl (C=O) groups excluding carboxylic acids is 1. The standard InChI is InChI=1S/C20H26N2O2S/c1-12-10-13(2)18(15(4)23)14(3)17(12)11-25-20-22-21-19(24-20)16-8-6-5-7-9-16/h10,16H,5-9,11H2,1-4H3. The highest BCUT2D eigenvalue weighted by Gasteiger charge is 2.22. The van der Waals surface area contributed by atoms with Crippen LogP contribution in [0.15, 0.2) is 15.7 Å². The third-order valence-electron chi connectivity index (χ3n) is 5.20. The molecule has 0 radical (unpaired) electrons. The summed E-state index contributed by atoms with van der Waals surface area (Å²) in [6, 6.07) is 2.10. The first-order chi connectivity index (χ1) is 12.0. The normalized spacial score (nSPS) is 15.5. The number of hydrogen-bond donors (Lipinski definition) is 0. The molecule has 1 heterocycles. The fourth-order valence-corrected chi connectivity index (χ4v) is 4.87. The number of Topliss-reactive ketones (excluding diaryl/α,β-unsaturated/α-hetero) is 1. The lowest BCUT2D eigenvalue weighted by Crippen LogP contribution is -2.05. The predicted octanol–water partition coefficient (Wildman–Crippen LogP) is 5.54. The van der Waals surface area contributed by atoms with E-state index < -0.39 is 0 Å². The number of aryl methyl sites for hydroxylation is 2. The minimum Gasteiger partial charge on any atom is -0.416 e. The van der Waals surface area contributed by atoms with Crippen LogP contribution < -0.4 is 0 Å². The van der Waals surface area contributed by atoms with Crippen LogP contribution in [0, 0.1) is 20.8 Å². The number of nitrogens with zero attached hydrogens (tertiary/aromatic N) is 2. The first-order valence-electron chi connectivity index (χ1n) is 9.04. The lowest BCUT2D eigenvalue weighted by molar-refractivity contribution is 0.101. The number of aromatic nitrogens is 2. The van der Waals surface area contributed by atoms with E-state index in [0.29, 0.717) is 11.1 Å². The molecule has 2 aromatic rings. The summed E-state index contributed by atoms with van der Waals surface area (Å²) in [6.45, 7) is 7.77. The SMILES string of the molecule is CC(=O)c1c(C)cc(C)c(CSc2nnc(C3CCCCC3)o2)c1C. The number of ketones is 1. The Labute approximate surface area is 153 Å². The lowest BCUT2D eigenvalue weighted by atomic mass is 9.89. The van der Waals surface area contributed by atoms with E-state index >= 15 is 0 Å². The second-order valence-electron chi connectivity index (χ2n) is 7.07. The molecule has 3 rings (SSSR count). The molecule has 1 saturated carbocycles. The molecule has 5 heteroatoms. The molecule has 4 nitrogen and oxygen atoms in total. The number of carbonyl (C=O) groups is 1. The molecule has 0 atom stereocenters. The molecule has 0 aliphatic heterocycles. The van der Waals surface area contributed by atoms with E-state index in [1.54, 1.807) is 18.7 Å². The van der Waals surface area contributed by atoms with E-state index in [4.69, 9.17) is 4.42 Å². The Balaban J connectivity index is 1.75. The van der Waals surface area contributed by atoms with Gasteiger partial charge >= 0.3 is 0 Å². The van der Waals surface area contributed by atoms with Gasteiger partial charge in [-0.05, 0) is 62.8 Å². The Morgan fingerprint density at radius 3 is 2.56 bits per heavy atom. The predicted molar refractivity (Wildman–Crippen MR) is 100 cm³/mol. The first-order valence-corrected chi connectivity index (χ1v) is 10.0. The van der Waals surface area contributed by atoms with Crippen molar-refractivity contribution >= 4 is 17.5 Å². The summed E-state index contributed by atoms with van der Waals surface area (Å²) < 4.78 is 5.90. The first kappa shape index (κ1) is 18.2. The van der Waals surface area contributed by atoms with E-state index in [9.17, 15) is 4.79 Å². The molecule has 0 unspecified atom stereocenters. The van der Waals surface area contributed by atoms with Crippen LogP contribution in [0.3, 0.4) is 0 Å². The van der Waals surface area contributed by atoms with Crippen molar-refractivity contribution in [2.75, 3.05) is 0 Å². The zero-order chi connectivity index (χ0) is 18.0.